The lowest BCUT2D eigenvalue weighted by Crippen LogP contribution is -2.63. The van der Waals surface area contributed by atoms with Crippen LogP contribution >= 0.6 is 0 Å². The van der Waals surface area contributed by atoms with E-state index in [4.69, 9.17) is 9.47 Å². The largest absolute Gasteiger partial charge is 0.466 e. The standard InChI is InChI=1S/C11H19NO4/c1-4-16-9(13)5-11(6-15-7-11)12-10(14)8(2)3/h8H,4-7H2,1-3H3,(H,12,14). The predicted molar refractivity (Wildman–Crippen MR) is 57.8 cm³/mol. The molecule has 1 N–H and O–H groups in total. The maximum atomic E-state index is 11.6. The van der Waals surface area contributed by atoms with Gasteiger partial charge in [-0.2, -0.15) is 0 Å². The first-order valence-electron chi connectivity index (χ1n) is 5.54. The van der Waals surface area contributed by atoms with Gasteiger partial charge in [0.2, 0.25) is 5.91 Å². The Morgan fingerprint density at radius 1 is 1.44 bits per heavy atom. The molecule has 1 heterocycles. The highest BCUT2D eigenvalue weighted by Gasteiger charge is 2.42. The van der Waals surface area contributed by atoms with E-state index in [0.717, 1.165) is 0 Å². The Hall–Kier alpha value is -1.10. The van der Waals surface area contributed by atoms with Crippen LogP contribution in [0.4, 0.5) is 0 Å². The van der Waals surface area contributed by atoms with Gasteiger partial charge in [-0.1, -0.05) is 13.8 Å². The van der Waals surface area contributed by atoms with Crippen LogP contribution in [-0.2, 0) is 19.1 Å². The molecule has 16 heavy (non-hydrogen) atoms. The van der Waals surface area contributed by atoms with Crippen molar-refractivity contribution in [2.24, 2.45) is 5.92 Å². The molecule has 5 nitrogen and oxygen atoms in total. The lowest BCUT2D eigenvalue weighted by molar-refractivity contribution is -0.155. The van der Waals surface area contributed by atoms with Crippen molar-refractivity contribution < 1.29 is 19.1 Å². The molecule has 0 aliphatic carbocycles. The van der Waals surface area contributed by atoms with Gasteiger partial charge in [-0.3, -0.25) is 9.59 Å². The molecule has 0 aromatic heterocycles. The third-order valence-electron chi connectivity index (χ3n) is 2.46. The van der Waals surface area contributed by atoms with Crippen LogP contribution in [-0.4, -0.2) is 37.2 Å². The van der Waals surface area contributed by atoms with E-state index in [-0.39, 0.29) is 24.2 Å². The summed E-state index contributed by atoms with van der Waals surface area (Å²) in [6.07, 6.45) is 0.180. The van der Waals surface area contributed by atoms with E-state index in [2.05, 4.69) is 5.32 Å². The zero-order valence-electron chi connectivity index (χ0n) is 10.0. The molecular formula is C11H19NO4. The van der Waals surface area contributed by atoms with E-state index < -0.39 is 5.54 Å². The van der Waals surface area contributed by atoms with E-state index >= 15 is 0 Å². The fourth-order valence-electron chi connectivity index (χ4n) is 1.46. The van der Waals surface area contributed by atoms with Gasteiger partial charge in [-0.15, -0.1) is 0 Å². The van der Waals surface area contributed by atoms with Crippen molar-refractivity contribution in [3.05, 3.63) is 0 Å². The number of rotatable bonds is 5. The van der Waals surface area contributed by atoms with Crippen LogP contribution in [0.15, 0.2) is 0 Å². The molecule has 1 rings (SSSR count). The number of ether oxygens (including phenoxy) is 2. The van der Waals surface area contributed by atoms with Gasteiger partial charge in [0.25, 0.3) is 0 Å². The highest BCUT2D eigenvalue weighted by atomic mass is 16.5. The Morgan fingerprint density at radius 3 is 2.44 bits per heavy atom. The Balaban J connectivity index is 2.50. The number of carbonyl (C=O) groups is 2. The molecule has 1 aliphatic rings. The van der Waals surface area contributed by atoms with Gasteiger partial charge in [0.15, 0.2) is 0 Å². The maximum absolute atomic E-state index is 11.6. The molecule has 1 aliphatic heterocycles. The fraction of sp³-hybridized carbons (Fsp3) is 0.818. The summed E-state index contributed by atoms with van der Waals surface area (Å²) in [4.78, 5) is 22.9. The van der Waals surface area contributed by atoms with Gasteiger partial charge >= 0.3 is 5.97 Å². The van der Waals surface area contributed by atoms with Crippen LogP contribution in [0.25, 0.3) is 0 Å². The molecule has 0 saturated carbocycles. The highest BCUT2D eigenvalue weighted by molar-refractivity contribution is 5.80. The molecule has 5 heteroatoms. The Morgan fingerprint density at radius 2 is 2.06 bits per heavy atom. The summed E-state index contributed by atoms with van der Waals surface area (Å²) < 4.78 is 9.94. The molecule has 92 valence electrons. The molecule has 0 aromatic carbocycles. The molecule has 1 amide bonds. The topological polar surface area (TPSA) is 64.6 Å². The average Bonchev–Trinajstić information content (AvgIpc) is 2.14. The number of amides is 1. The second kappa shape index (κ2) is 5.30. The molecule has 1 fully saturated rings. The lowest BCUT2D eigenvalue weighted by Gasteiger charge is -2.41. The van der Waals surface area contributed by atoms with Gasteiger partial charge < -0.3 is 14.8 Å². The summed E-state index contributed by atoms with van der Waals surface area (Å²) in [5.41, 5.74) is -0.548. The van der Waals surface area contributed by atoms with Gasteiger partial charge in [0.05, 0.1) is 31.8 Å². The predicted octanol–water partition coefficient (Wildman–Crippen LogP) is 0.481. The summed E-state index contributed by atoms with van der Waals surface area (Å²) in [6, 6.07) is 0. The van der Waals surface area contributed by atoms with Crippen LogP contribution in [0.1, 0.15) is 27.2 Å². The number of esters is 1. The van der Waals surface area contributed by atoms with Gasteiger partial charge in [-0.25, -0.2) is 0 Å². The van der Waals surface area contributed by atoms with E-state index in [1.165, 1.54) is 0 Å². The normalized spacial score (nSPS) is 17.8. The van der Waals surface area contributed by atoms with E-state index in [9.17, 15) is 9.59 Å². The molecule has 0 aromatic rings. The van der Waals surface area contributed by atoms with Crippen molar-refractivity contribution in [3.8, 4) is 0 Å². The molecule has 1 saturated heterocycles. The van der Waals surface area contributed by atoms with Crippen LogP contribution in [0.3, 0.4) is 0 Å². The zero-order valence-corrected chi connectivity index (χ0v) is 10.0. The second-order valence-electron chi connectivity index (χ2n) is 4.40. The Kier molecular flexibility index (Phi) is 4.29. The third-order valence-corrected chi connectivity index (χ3v) is 2.46. The first-order chi connectivity index (χ1) is 7.49. The summed E-state index contributed by atoms with van der Waals surface area (Å²) in [5.74, 6) is -0.456. The van der Waals surface area contributed by atoms with Crippen molar-refractivity contribution in [1.82, 2.24) is 5.32 Å². The molecule has 0 bridgehead atoms. The average molecular weight is 229 g/mol. The fourth-order valence-corrected chi connectivity index (χ4v) is 1.46. The minimum atomic E-state index is -0.548. The molecule has 0 unspecified atom stereocenters. The number of hydrogen-bond acceptors (Lipinski definition) is 4. The minimum Gasteiger partial charge on any atom is -0.466 e. The van der Waals surface area contributed by atoms with Gasteiger partial charge in [-0.05, 0) is 6.92 Å². The smallest absolute Gasteiger partial charge is 0.308 e. The Labute approximate surface area is 95.5 Å². The van der Waals surface area contributed by atoms with Crippen molar-refractivity contribution in [1.29, 1.82) is 0 Å². The van der Waals surface area contributed by atoms with Crippen molar-refractivity contribution >= 4 is 11.9 Å². The first-order valence-corrected chi connectivity index (χ1v) is 5.54. The highest BCUT2D eigenvalue weighted by Crippen LogP contribution is 2.22. The van der Waals surface area contributed by atoms with Crippen molar-refractivity contribution in [3.63, 3.8) is 0 Å². The lowest BCUT2D eigenvalue weighted by atomic mass is 9.92. The summed E-state index contributed by atoms with van der Waals surface area (Å²) in [7, 11) is 0. The molecule has 0 spiro atoms. The Bertz CT molecular complexity index is 271. The maximum Gasteiger partial charge on any atom is 0.308 e. The SMILES string of the molecule is CCOC(=O)CC1(NC(=O)C(C)C)COC1. The van der Waals surface area contributed by atoms with Crippen LogP contribution in [0.5, 0.6) is 0 Å². The second-order valence-corrected chi connectivity index (χ2v) is 4.40. The van der Waals surface area contributed by atoms with E-state index in [1.54, 1.807) is 6.92 Å². The van der Waals surface area contributed by atoms with Gasteiger partial charge in [0, 0.05) is 5.92 Å². The van der Waals surface area contributed by atoms with Crippen LogP contribution < -0.4 is 5.32 Å². The molecular weight excluding hydrogens is 210 g/mol. The number of carbonyl (C=O) groups excluding carboxylic acids is 2. The van der Waals surface area contributed by atoms with Crippen molar-refractivity contribution in [2.45, 2.75) is 32.7 Å². The number of nitrogens with one attached hydrogen (secondary N) is 1. The van der Waals surface area contributed by atoms with Crippen LogP contribution in [0, 0.1) is 5.92 Å². The first kappa shape index (κ1) is 13.0. The summed E-state index contributed by atoms with van der Waals surface area (Å²) >= 11 is 0. The zero-order chi connectivity index (χ0) is 12.2. The monoisotopic (exact) mass is 229 g/mol. The molecule has 0 radical (unpaired) electrons. The quantitative estimate of drug-likeness (QED) is 0.696. The molecule has 0 atom stereocenters. The number of hydrogen-bond donors (Lipinski definition) is 1. The minimum absolute atomic E-state index is 0.0624. The third kappa shape index (κ3) is 3.20. The van der Waals surface area contributed by atoms with Gasteiger partial charge in [0.1, 0.15) is 0 Å². The van der Waals surface area contributed by atoms with Crippen molar-refractivity contribution in [2.75, 3.05) is 19.8 Å². The van der Waals surface area contributed by atoms with E-state index in [1.807, 2.05) is 13.8 Å². The van der Waals surface area contributed by atoms with Crippen LogP contribution in [0.2, 0.25) is 0 Å². The van der Waals surface area contributed by atoms with E-state index in [0.29, 0.717) is 19.8 Å². The summed E-state index contributed by atoms with van der Waals surface area (Å²) in [6.45, 7) is 6.50. The summed E-state index contributed by atoms with van der Waals surface area (Å²) in [5, 5.41) is 2.85.